The Hall–Kier alpha value is -3.09. The first kappa shape index (κ1) is 16.8. The lowest BCUT2D eigenvalue weighted by molar-refractivity contribution is -0.115. The minimum absolute atomic E-state index is 0.193. The van der Waals surface area contributed by atoms with Crippen molar-refractivity contribution < 1.29 is 19.1 Å². The molecule has 0 bridgehead atoms. The van der Waals surface area contributed by atoms with Gasteiger partial charge >= 0.3 is 6.03 Å². The Morgan fingerprint density at radius 2 is 2.12 bits per heavy atom. The van der Waals surface area contributed by atoms with Crippen LogP contribution >= 0.6 is 0 Å². The largest absolute Gasteiger partial charge is 0.493 e. The van der Waals surface area contributed by atoms with Crippen LogP contribution in [0.3, 0.4) is 0 Å². The second kappa shape index (κ2) is 7.21. The molecule has 25 heavy (non-hydrogen) atoms. The number of hydrogen-bond donors (Lipinski definition) is 1. The number of nitrogens with one attached hydrogen (secondary N) is 1. The number of urea groups is 1. The molecule has 0 atom stereocenters. The first-order valence-electron chi connectivity index (χ1n) is 8.01. The van der Waals surface area contributed by atoms with E-state index in [4.69, 9.17) is 9.47 Å². The number of anilines is 1. The summed E-state index contributed by atoms with van der Waals surface area (Å²) in [6, 6.07) is 9.99. The van der Waals surface area contributed by atoms with Gasteiger partial charge in [-0.05, 0) is 30.5 Å². The van der Waals surface area contributed by atoms with Gasteiger partial charge in [0.2, 0.25) is 11.8 Å². The van der Waals surface area contributed by atoms with Crippen LogP contribution in [0.2, 0.25) is 0 Å². The Morgan fingerprint density at radius 3 is 2.88 bits per heavy atom. The fourth-order valence-corrected chi connectivity index (χ4v) is 2.61. The van der Waals surface area contributed by atoms with Crippen LogP contribution in [0.15, 0.2) is 36.4 Å². The van der Waals surface area contributed by atoms with Crippen LogP contribution in [0, 0.1) is 0 Å². The maximum absolute atomic E-state index is 11.9. The monoisotopic (exact) mass is 341 g/mol. The molecule has 1 aromatic heterocycles. The average Bonchev–Trinajstić information content (AvgIpc) is 2.61. The van der Waals surface area contributed by atoms with Crippen molar-refractivity contribution >= 4 is 17.8 Å². The van der Waals surface area contributed by atoms with Crippen molar-refractivity contribution in [1.82, 2.24) is 10.3 Å². The van der Waals surface area contributed by atoms with Gasteiger partial charge in [-0.25, -0.2) is 9.69 Å². The highest BCUT2D eigenvalue weighted by atomic mass is 16.5. The Labute approximate surface area is 145 Å². The molecule has 1 aliphatic rings. The number of amides is 3. The highest BCUT2D eigenvalue weighted by molar-refractivity contribution is 6.12. The van der Waals surface area contributed by atoms with Crippen LogP contribution in [-0.4, -0.2) is 30.6 Å². The van der Waals surface area contributed by atoms with Crippen molar-refractivity contribution in [2.75, 3.05) is 18.6 Å². The molecule has 0 spiro atoms. The quantitative estimate of drug-likeness (QED) is 0.928. The maximum Gasteiger partial charge on any atom is 0.329 e. The van der Waals surface area contributed by atoms with Gasteiger partial charge in [-0.3, -0.25) is 4.79 Å². The lowest BCUT2D eigenvalue weighted by Crippen LogP contribution is -2.41. The van der Waals surface area contributed by atoms with E-state index in [1.54, 1.807) is 18.2 Å². The van der Waals surface area contributed by atoms with Gasteiger partial charge in [0.25, 0.3) is 0 Å². The second-order valence-electron chi connectivity index (χ2n) is 5.57. The summed E-state index contributed by atoms with van der Waals surface area (Å²) in [5.41, 5.74) is 1.16. The number of nitrogens with zero attached hydrogens (tertiary/aromatic N) is 2. The molecule has 7 nitrogen and oxygen atoms in total. The fraction of sp³-hybridized carbons (Fsp3) is 0.278. The molecule has 0 unspecified atom stereocenters. The summed E-state index contributed by atoms with van der Waals surface area (Å²) in [6.45, 7) is 2.00. The van der Waals surface area contributed by atoms with E-state index in [2.05, 4.69) is 10.3 Å². The topological polar surface area (TPSA) is 80.8 Å². The molecule has 0 aliphatic carbocycles. The van der Waals surface area contributed by atoms with Gasteiger partial charge in [0.05, 0.1) is 6.61 Å². The lowest BCUT2D eigenvalue weighted by atomic mass is 10.1. The lowest BCUT2D eigenvalue weighted by Gasteiger charge is -2.19. The van der Waals surface area contributed by atoms with Crippen molar-refractivity contribution in [3.8, 4) is 17.4 Å². The van der Waals surface area contributed by atoms with Crippen LogP contribution in [0.5, 0.6) is 17.4 Å². The summed E-state index contributed by atoms with van der Waals surface area (Å²) in [5, 5.41) is 2.42. The van der Waals surface area contributed by atoms with E-state index >= 15 is 0 Å². The van der Waals surface area contributed by atoms with Crippen molar-refractivity contribution in [2.24, 2.45) is 0 Å². The minimum atomic E-state index is -0.556. The third-order valence-electron chi connectivity index (χ3n) is 3.78. The third kappa shape index (κ3) is 3.71. The second-order valence-corrected chi connectivity index (χ2v) is 5.57. The zero-order valence-electron chi connectivity index (χ0n) is 14.1. The number of imide groups is 1. The highest BCUT2D eigenvalue weighted by Crippen LogP contribution is 2.31. The molecule has 1 aromatic carbocycles. The van der Waals surface area contributed by atoms with Crippen LogP contribution in [0.1, 0.15) is 18.9 Å². The summed E-state index contributed by atoms with van der Waals surface area (Å²) in [6.07, 6.45) is 2.00. The van der Waals surface area contributed by atoms with Crippen LogP contribution in [0.4, 0.5) is 10.6 Å². The van der Waals surface area contributed by atoms with Gasteiger partial charge in [0, 0.05) is 26.1 Å². The maximum atomic E-state index is 11.9. The zero-order chi connectivity index (χ0) is 17.8. The number of aryl methyl sites for hydroxylation is 1. The first-order valence-corrected chi connectivity index (χ1v) is 8.01. The Morgan fingerprint density at radius 1 is 1.28 bits per heavy atom. The highest BCUT2D eigenvalue weighted by Gasteiger charge is 2.21. The summed E-state index contributed by atoms with van der Waals surface area (Å²) < 4.78 is 11.4. The molecule has 7 heteroatoms. The number of rotatable bonds is 3. The van der Waals surface area contributed by atoms with E-state index in [-0.39, 0.29) is 11.7 Å². The number of pyridine rings is 1. The molecule has 1 aliphatic heterocycles. The number of hydrogen-bond acceptors (Lipinski definition) is 5. The van der Waals surface area contributed by atoms with E-state index < -0.39 is 11.9 Å². The van der Waals surface area contributed by atoms with Gasteiger partial charge in [-0.2, -0.15) is 4.98 Å². The number of aromatic nitrogens is 1. The molecular formula is C18H19N3O4. The summed E-state index contributed by atoms with van der Waals surface area (Å²) in [5.74, 6) is 1.43. The predicted octanol–water partition coefficient (Wildman–Crippen LogP) is 2.89. The van der Waals surface area contributed by atoms with Crippen LogP contribution in [-0.2, 0) is 11.2 Å². The first-order chi connectivity index (χ1) is 12.1. The molecule has 0 radical (unpaired) electrons. The molecule has 1 N–H and O–H groups in total. The molecule has 0 saturated carbocycles. The summed E-state index contributed by atoms with van der Waals surface area (Å²) in [7, 11) is 1.45. The molecule has 3 amide bonds. The van der Waals surface area contributed by atoms with Gasteiger partial charge in [-0.15, -0.1) is 0 Å². The number of fused-ring (bicyclic) bond motifs is 1. The van der Waals surface area contributed by atoms with E-state index in [9.17, 15) is 9.59 Å². The van der Waals surface area contributed by atoms with Gasteiger partial charge in [0.1, 0.15) is 17.3 Å². The van der Waals surface area contributed by atoms with Gasteiger partial charge < -0.3 is 14.8 Å². The van der Waals surface area contributed by atoms with Crippen LogP contribution < -0.4 is 19.7 Å². The van der Waals surface area contributed by atoms with E-state index in [1.807, 2.05) is 18.2 Å². The molecule has 2 heterocycles. The van der Waals surface area contributed by atoms with Crippen LogP contribution in [0.25, 0.3) is 0 Å². The van der Waals surface area contributed by atoms with E-state index in [0.717, 1.165) is 29.1 Å². The third-order valence-corrected chi connectivity index (χ3v) is 3.78. The molecule has 3 rings (SSSR count). The fourth-order valence-electron chi connectivity index (χ4n) is 2.61. The van der Waals surface area contributed by atoms with Crippen molar-refractivity contribution in [3.63, 3.8) is 0 Å². The van der Waals surface area contributed by atoms with E-state index in [1.165, 1.54) is 14.0 Å². The molecule has 0 saturated heterocycles. The predicted molar refractivity (Wildman–Crippen MR) is 92.2 cm³/mol. The molecule has 130 valence electrons. The zero-order valence-corrected chi connectivity index (χ0v) is 14.1. The van der Waals surface area contributed by atoms with Gasteiger partial charge in [0.15, 0.2) is 0 Å². The number of ether oxygens (including phenoxy) is 2. The van der Waals surface area contributed by atoms with Crippen molar-refractivity contribution in [1.29, 1.82) is 0 Å². The SMILES string of the molecule is CNC(=O)N(C(C)=O)c1cccc(Oc2ccc3c(c2)OCCC3)n1. The van der Waals surface area contributed by atoms with Crippen molar-refractivity contribution in [3.05, 3.63) is 42.0 Å². The molecular weight excluding hydrogens is 322 g/mol. The molecule has 2 aromatic rings. The Bertz CT molecular complexity index is 807. The standard InChI is InChI=1S/C18H19N3O4/c1-12(22)21(18(23)19-2)16-6-3-7-17(20-16)25-14-9-8-13-5-4-10-24-15(13)11-14/h3,6-9,11H,4-5,10H2,1-2H3,(H,19,23). The summed E-state index contributed by atoms with van der Waals surface area (Å²) in [4.78, 5) is 28.8. The average molecular weight is 341 g/mol. The van der Waals surface area contributed by atoms with Crippen molar-refractivity contribution in [2.45, 2.75) is 19.8 Å². The Kier molecular flexibility index (Phi) is 4.83. The smallest absolute Gasteiger partial charge is 0.329 e. The number of carbonyl (C=O) groups is 2. The Balaban J connectivity index is 1.84. The minimum Gasteiger partial charge on any atom is -0.493 e. The normalized spacial score (nSPS) is 12.6. The number of carbonyl (C=O) groups excluding carboxylic acids is 2. The van der Waals surface area contributed by atoms with E-state index in [0.29, 0.717) is 12.4 Å². The number of benzene rings is 1. The van der Waals surface area contributed by atoms with Gasteiger partial charge in [-0.1, -0.05) is 12.1 Å². The summed E-state index contributed by atoms with van der Waals surface area (Å²) >= 11 is 0. The molecule has 0 fully saturated rings.